The van der Waals surface area contributed by atoms with Gasteiger partial charge in [0, 0.05) is 43.2 Å². The number of fused-ring (bicyclic) bond motifs is 5. The minimum atomic E-state index is -1.36. The van der Waals surface area contributed by atoms with Gasteiger partial charge in [0.15, 0.2) is 0 Å². The number of unbranched alkanes of at least 4 members (excludes halogenated alkanes) is 1. The van der Waals surface area contributed by atoms with Crippen molar-refractivity contribution in [3.05, 3.63) is 82.4 Å². The van der Waals surface area contributed by atoms with E-state index in [1.807, 2.05) is 32.0 Å². The molecule has 3 aromatic carbocycles. The molecule has 0 spiro atoms. The molecule has 0 fully saturated rings. The largest absolute Gasteiger partial charge is 0.492 e. The van der Waals surface area contributed by atoms with E-state index in [2.05, 4.69) is 33.5 Å². The first-order chi connectivity index (χ1) is 30.2. The average molecular weight is 871 g/mol. The van der Waals surface area contributed by atoms with Crippen molar-refractivity contribution in [2.75, 3.05) is 59.5 Å². The fourth-order valence-electron chi connectivity index (χ4n) is 6.61. The number of nitrogens with one attached hydrogen (secondary N) is 5. The number of rotatable bonds is 17. The molecule has 2 unspecified atom stereocenters. The molecule has 0 saturated heterocycles. The number of hydrogen-bond acceptors (Lipinski definition) is 12. The van der Waals surface area contributed by atoms with E-state index in [4.69, 9.17) is 31.9 Å². The second kappa shape index (κ2) is 26.0. The van der Waals surface area contributed by atoms with E-state index in [0.29, 0.717) is 39.3 Å². The predicted octanol–water partition coefficient (Wildman–Crippen LogP) is 0.876. The second-order valence-corrected chi connectivity index (χ2v) is 14.8. The minimum Gasteiger partial charge on any atom is -0.492 e. The Labute approximate surface area is 369 Å². The summed E-state index contributed by atoms with van der Waals surface area (Å²) in [4.78, 5) is 81.7. The van der Waals surface area contributed by atoms with E-state index in [-0.39, 0.29) is 39.3 Å². The van der Waals surface area contributed by atoms with Crippen LogP contribution in [0.2, 0.25) is 0 Å². The van der Waals surface area contributed by atoms with Gasteiger partial charge in [0.25, 0.3) is 5.91 Å². The summed E-state index contributed by atoms with van der Waals surface area (Å²) in [5.41, 5.74) is 20.6. The van der Waals surface area contributed by atoms with E-state index in [1.165, 1.54) is 14.0 Å². The predicted molar refractivity (Wildman–Crippen MR) is 238 cm³/mol. The highest BCUT2D eigenvalue weighted by molar-refractivity contribution is 5.99. The van der Waals surface area contributed by atoms with Gasteiger partial charge in [0.05, 0.1) is 19.2 Å². The van der Waals surface area contributed by atoms with Crippen molar-refractivity contribution < 1.29 is 38.2 Å². The Hall–Kier alpha value is -6.55. The van der Waals surface area contributed by atoms with Gasteiger partial charge in [0.1, 0.15) is 49.4 Å². The SMILES string of the molecule is CCCCc1ccc(C(=O)NCC(=O)NCC(=O)N(C)C2C(=O)N[C@@H](C)C(=O)NC(C(=O)NCC#N)Cc3ccc(OCCN)c(c3)-c3cc2ccc3OCCN)c(C)c1.CCN. The van der Waals surface area contributed by atoms with E-state index in [9.17, 15) is 28.8 Å². The highest BCUT2D eigenvalue weighted by Gasteiger charge is 2.33. The highest BCUT2D eigenvalue weighted by Crippen LogP contribution is 2.40. The number of benzene rings is 3. The normalized spacial score (nSPS) is 15.7. The fourth-order valence-corrected chi connectivity index (χ4v) is 6.61. The van der Waals surface area contributed by atoms with Gasteiger partial charge in [-0.25, -0.2) is 0 Å². The molecule has 63 heavy (non-hydrogen) atoms. The first-order valence-electron chi connectivity index (χ1n) is 21.0. The summed E-state index contributed by atoms with van der Waals surface area (Å²) in [6.45, 7) is 7.48. The first-order valence-corrected chi connectivity index (χ1v) is 21.0. The quantitative estimate of drug-likeness (QED) is 0.0878. The van der Waals surface area contributed by atoms with Gasteiger partial charge >= 0.3 is 0 Å². The number of likely N-dealkylation sites (N-methyl/N-ethyl adjacent to an activating group) is 1. The van der Waals surface area contributed by atoms with Gasteiger partial charge in [-0.3, -0.25) is 28.8 Å². The molecule has 0 saturated carbocycles. The van der Waals surface area contributed by atoms with Gasteiger partial charge in [0.2, 0.25) is 29.5 Å². The summed E-state index contributed by atoms with van der Waals surface area (Å²) in [5.74, 6) is -3.03. The molecule has 18 heteroatoms. The molecule has 1 heterocycles. The van der Waals surface area contributed by atoms with E-state index < -0.39 is 66.7 Å². The van der Waals surface area contributed by atoms with Gasteiger partial charge in [-0.2, -0.15) is 5.26 Å². The molecule has 0 aromatic heterocycles. The Morgan fingerprint density at radius 2 is 1.51 bits per heavy atom. The molecule has 6 amide bonds. The minimum absolute atomic E-state index is 0.00758. The highest BCUT2D eigenvalue weighted by atomic mass is 16.5. The summed E-state index contributed by atoms with van der Waals surface area (Å²) in [5, 5.41) is 22.0. The van der Waals surface area contributed by atoms with Crippen molar-refractivity contribution in [3.63, 3.8) is 0 Å². The number of ether oxygens (including phenoxy) is 2. The molecule has 0 radical (unpaired) electrons. The molecule has 3 aromatic rings. The van der Waals surface area contributed by atoms with Crippen molar-refractivity contribution >= 4 is 35.4 Å². The maximum atomic E-state index is 14.2. The van der Waals surface area contributed by atoms with Crippen LogP contribution in [0.1, 0.15) is 72.3 Å². The van der Waals surface area contributed by atoms with Gasteiger partial charge < -0.3 is 58.2 Å². The zero-order valence-electron chi connectivity index (χ0n) is 36.8. The molecule has 340 valence electrons. The van der Waals surface area contributed by atoms with Crippen LogP contribution in [0.4, 0.5) is 0 Å². The number of carbonyl (C=O) groups excluding carboxylic acids is 6. The zero-order valence-corrected chi connectivity index (χ0v) is 36.8. The Kier molecular flexibility index (Phi) is 21.0. The number of aryl methyl sites for hydroxylation is 2. The summed E-state index contributed by atoms with van der Waals surface area (Å²) < 4.78 is 12.1. The molecule has 4 rings (SSSR count). The van der Waals surface area contributed by atoms with Crippen LogP contribution in [-0.2, 0) is 36.8 Å². The molecule has 0 aliphatic carbocycles. The average Bonchev–Trinajstić information content (AvgIpc) is 3.27. The lowest BCUT2D eigenvalue weighted by atomic mass is 9.93. The van der Waals surface area contributed by atoms with Crippen molar-refractivity contribution in [3.8, 4) is 28.7 Å². The molecule has 4 bridgehead atoms. The summed E-state index contributed by atoms with van der Waals surface area (Å²) in [6, 6.07) is 13.8. The lowest BCUT2D eigenvalue weighted by Gasteiger charge is -2.30. The molecule has 1 aliphatic rings. The van der Waals surface area contributed by atoms with Crippen LogP contribution in [0.5, 0.6) is 11.5 Å². The van der Waals surface area contributed by atoms with E-state index in [1.54, 1.807) is 42.5 Å². The van der Waals surface area contributed by atoms with E-state index >= 15 is 0 Å². The van der Waals surface area contributed by atoms with Gasteiger partial charge in [-0.05, 0) is 85.8 Å². The second-order valence-electron chi connectivity index (χ2n) is 14.8. The van der Waals surface area contributed by atoms with Crippen molar-refractivity contribution in [2.24, 2.45) is 17.2 Å². The zero-order chi connectivity index (χ0) is 46.5. The fraction of sp³-hybridized carbons (Fsp3) is 0.444. The lowest BCUT2D eigenvalue weighted by Crippen LogP contribution is -2.55. The van der Waals surface area contributed by atoms with Crippen molar-refractivity contribution in [1.82, 2.24) is 31.5 Å². The summed E-state index contributed by atoms with van der Waals surface area (Å²) in [7, 11) is 1.38. The molecule has 11 N–H and O–H groups in total. The first kappa shape index (κ1) is 50.8. The molecule has 18 nitrogen and oxygen atoms in total. The van der Waals surface area contributed by atoms with Crippen molar-refractivity contribution in [1.29, 1.82) is 5.26 Å². The maximum absolute atomic E-state index is 14.2. The summed E-state index contributed by atoms with van der Waals surface area (Å²) in [6.07, 6.45) is 3.00. The van der Waals surface area contributed by atoms with Crippen LogP contribution in [0.25, 0.3) is 11.1 Å². The van der Waals surface area contributed by atoms with Crippen molar-refractivity contribution in [2.45, 2.75) is 71.5 Å². The van der Waals surface area contributed by atoms with Gasteiger partial charge in [-0.1, -0.05) is 44.5 Å². The Bertz CT molecular complexity index is 2110. The maximum Gasteiger partial charge on any atom is 0.251 e. The number of carbonyl (C=O) groups is 6. The molecular weight excluding hydrogens is 809 g/mol. The number of nitrogens with zero attached hydrogens (tertiary/aromatic N) is 2. The third-order valence-corrected chi connectivity index (χ3v) is 9.80. The lowest BCUT2D eigenvalue weighted by molar-refractivity contribution is -0.140. The standard InChI is InChI=1S/C43H55N9O8.C2H7N/c1-5-6-7-28-8-11-31(26(2)20-28)41(56)49-24-37(53)48-25-38(54)52(4)39-30-10-13-36(60-19-16-46)33(23-30)32-21-29(9-12-35(32)59-18-15-45)22-34(42(57)47-17-14-44)51-40(55)27(3)50-43(39)58;1-2-3/h8-13,20-21,23,27,34,39H,5-7,15-19,22,24-25,45-46H2,1-4H3,(H,47,57)(H,48,53)(H,49,56)(H,50,58)(H,51,55);2-3H2,1H3/t27-,34?,39?;/m0./s1. The van der Waals surface area contributed by atoms with Crippen LogP contribution in [0.3, 0.4) is 0 Å². The number of nitriles is 1. The number of hydrogen-bond donors (Lipinski definition) is 8. The Morgan fingerprint density at radius 1 is 0.857 bits per heavy atom. The number of amides is 6. The number of nitrogens with two attached hydrogens (primary N) is 3. The molecule has 1 aliphatic heterocycles. The Morgan fingerprint density at radius 3 is 2.13 bits per heavy atom. The van der Waals surface area contributed by atoms with Crippen LogP contribution < -0.4 is 53.3 Å². The van der Waals surface area contributed by atoms with Crippen LogP contribution in [0.15, 0.2) is 54.6 Å². The third kappa shape index (κ3) is 15.1. The smallest absolute Gasteiger partial charge is 0.251 e. The third-order valence-electron chi connectivity index (χ3n) is 9.80. The topological polar surface area (TPSA) is 286 Å². The molecule has 3 atom stereocenters. The Balaban J connectivity index is 0.00000342. The summed E-state index contributed by atoms with van der Waals surface area (Å²) >= 11 is 0. The van der Waals surface area contributed by atoms with Gasteiger partial charge in [-0.15, -0.1) is 0 Å². The van der Waals surface area contributed by atoms with E-state index in [0.717, 1.165) is 41.8 Å². The van der Waals surface area contributed by atoms with Crippen LogP contribution in [0, 0.1) is 18.3 Å². The van der Waals surface area contributed by atoms with Crippen LogP contribution in [-0.4, -0.2) is 112 Å². The monoisotopic (exact) mass is 870 g/mol. The van der Waals surface area contributed by atoms with Crippen LogP contribution >= 0.6 is 0 Å². The molecular formula is C45H62N10O8.